The largest absolute Gasteiger partial charge is 0.361 e. The van der Waals surface area contributed by atoms with E-state index in [1.165, 1.54) is 37.0 Å². The summed E-state index contributed by atoms with van der Waals surface area (Å²) >= 11 is 0. The summed E-state index contributed by atoms with van der Waals surface area (Å²) in [6, 6.07) is 12.8. The number of nitrogens with zero attached hydrogens (tertiary/aromatic N) is 1. The molecule has 0 saturated carbocycles. The number of piperidine rings is 1. The van der Waals surface area contributed by atoms with Gasteiger partial charge < -0.3 is 15.2 Å². The van der Waals surface area contributed by atoms with Crippen LogP contribution in [0.4, 0.5) is 4.39 Å². The highest BCUT2D eigenvalue weighted by atomic mass is 19.1. The number of carbonyl (C=O) groups is 1. The molecule has 0 aliphatic carbocycles. The number of fused-ring (bicyclic) bond motifs is 1. The summed E-state index contributed by atoms with van der Waals surface area (Å²) in [5.41, 5.74) is 4.42. The molecule has 4 rings (SSSR count). The third kappa shape index (κ3) is 5.16. The molecule has 1 aromatic heterocycles. The van der Waals surface area contributed by atoms with Crippen molar-refractivity contribution in [1.82, 2.24) is 15.2 Å². The Hall–Kier alpha value is -2.66. The lowest BCUT2D eigenvalue weighted by Crippen LogP contribution is -2.38. The molecule has 2 heterocycles. The number of aryl methyl sites for hydroxylation is 1. The molecule has 31 heavy (non-hydrogen) atoms. The number of H-pyrrole nitrogens is 1. The Kier molecular flexibility index (Phi) is 7.03. The smallest absolute Gasteiger partial charge is 0.220 e. The average molecular weight is 422 g/mol. The van der Waals surface area contributed by atoms with Gasteiger partial charge in [-0.15, -0.1) is 0 Å². The van der Waals surface area contributed by atoms with Crippen molar-refractivity contribution in [3.05, 3.63) is 71.2 Å². The first-order valence-corrected chi connectivity index (χ1v) is 11.5. The lowest BCUT2D eigenvalue weighted by molar-refractivity contribution is -0.121. The molecule has 4 nitrogen and oxygen atoms in total. The van der Waals surface area contributed by atoms with Crippen LogP contribution >= 0.6 is 0 Å². The van der Waals surface area contributed by atoms with Gasteiger partial charge in [0, 0.05) is 42.5 Å². The Labute approximate surface area is 183 Å². The number of hydrogen-bond acceptors (Lipinski definition) is 2. The van der Waals surface area contributed by atoms with Gasteiger partial charge in [0.05, 0.1) is 0 Å². The summed E-state index contributed by atoms with van der Waals surface area (Å²) in [5.74, 6) is -0.357. The van der Waals surface area contributed by atoms with E-state index >= 15 is 0 Å². The van der Waals surface area contributed by atoms with Gasteiger partial charge in [-0.25, -0.2) is 4.39 Å². The van der Waals surface area contributed by atoms with Crippen LogP contribution in [-0.2, 0) is 11.2 Å². The first kappa shape index (κ1) is 21.6. The van der Waals surface area contributed by atoms with E-state index in [2.05, 4.69) is 40.3 Å². The number of amides is 1. The Morgan fingerprint density at radius 2 is 1.90 bits per heavy atom. The second-order valence-corrected chi connectivity index (χ2v) is 8.50. The van der Waals surface area contributed by atoms with E-state index in [1.807, 2.05) is 6.20 Å². The van der Waals surface area contributed by atoms with Gasteiger partial charge in [-0.3, -0.25) is 4.79 Å². The van der Waals surface area contributed by atoms with Crippen LogP contribution in [0.5, 0.6) is 0 Å². The van der Waals surface area contributed by atoms with E-state index in [4.69, 9.17) is 0 Å². The molecule has 2 N–H and O–H groups in total. The Morgan fingerprint density at radius 1 is 1.13 bits per heavy atom. The predicted octanol–water partition coefficient (Wildman–Crippen LogP) is 4.99. The predicted molar refractivity (Wildman–Crippen MR) is 124 cm³/mol. The summed E-state index contributed by atoms with van der Waals surface area (Å²) in [7, 11) is 0. The number of likely N-dealkylation sites (tertiary alicyclic amines) is 1. The zero-order chi connectivity index (χ0) is 21.6. The Bertz CT molecular complexity index is 1010. The molecule has 2 aromatic carbocycles. The number of aromatic nitrogens is 1. The molecular weight excluding hydrogens is 389 g/mol. The topological polar surface area (TPSA) is 48.1 Å². The maximum Gasteiger partial charge on any atom is 0.220 e. The van der Waals surface area contributed by atoms with Crippen molar-refractivity contribution in [2.45, 2.75) is 44.9 Å². The van der Waals surface area contributed by atoms with E-state index in [9.17, 15) is 9.18 Å². The number of aromatic amines is 1. The minimum atomic E-state index is -0.263. The molecule has 0 spiro atoms. The molecule has 1 fully saturated rings. The van der Waals surface area contributed by atoms with Crippen molar-refractivity contribution in [2.24, 2.45) is 0 Å². The van der Waals surface area contributed by atoms with Crippen molar-refractivity contribution in [2.75, 3.05) is 26.2 Å². The maximum absolute atomic E-state index is 13.6. The fraction of sp³-hybridized carbons (Fsp3) is 0.423. The zero-order valence-electron chi connectivity index (χ0n) is 18.3. The number of para-hydroxylation sites is 1. The number of hydrogen-bond donors (Lipinski definition) is 2. The molecule has 1 unspecified atom stereocenters. The number of carbonyl (C=O) groups excluding carboxylic acids is 1. The molecule has 1 saturated heterocycles. The van der Waals surface area contributed by atoms with Crippen LogP contribution in [0.2, 0.25) is 0 Å². The standard InChI is InChI=1S/C26H32FN3O/c1-2-19-7-6-8-22-24(18-29-26(19)22)23(20-9-11-21(27)12-10-20)17-25(31)28-13-16-30-14-4-3-5-15-30/h6-12,18,23,29H,2-5,13-17H2,1H3,(H,28,31). The lowest BCUT2D eigenvalue weighted by Gasteiger charge is -2.26. The second-order valence-electron chi connectivity index (χ2n) is 8.50. The molecule has 1 atom stereocenters. The van der Waals surface area contributed by atoms with Crippen LogP contribution in [0.15, 0.2) is 48.7 Å². The normalized spacial score (nSPS) is 15.8. The van der Waals surface area contributed by atoms with Crippen LogP contribution in [-0.4, -0.2) is 42.0 Å². The van der Waals surface area contributed by atoms with E-state index in [0.717, 1.165) is 48.1 Å². The third-order valence-electron chi connectivity index (χ3n) is 6.45. The molecule has 1 amide bonds. The molecule has 1 aliphatic heterocycles. The van der Waals surface area contributed by atoms with Crippen LogP contribution in [0.25, 0.3) is 10.9 Å². The highest BCUT2D eigenvalue weighted by Gasteiger charge is 2.22. The van der Waals surface area contributed by atoms with Crippen LogP contribution in [0, 0.1) is 5.82 Å². The number of halogens is 1. The van der Waals surface area contributed by atoms with Gasteiger partial charge in [-0.1, -0.05) is 43.7 Å². The van der Waals surface area contributed by atoms with Crippen molar-refractivity contribution in [3.63, 3.8) is 0 Å². The fourth-order valence-corrected chi connectivity index (χ4v) is 4.72. The number of benzene rings is 2. The van der Waals surface area contributed by atoms with Gasteiger partial charge in [-0.2, -0.15) is 0 Å². The quantitative estimate of drug-likeness (QED) is 0.538. The second kappa shape index (κ2) is 10.1. The van der Waals surface area contributed by atoms with E-state index in [1.54, 1.807) is 12.1 Å². The van der Waals surface area contributed by atoms with Gasteiger partial charge in [0.25, 0.3) is 0 Å². The van der Waals surface area contributed by atoms with Crippen molar-refractivity contribution >= 4 is 16.8 Å². The molecular formula is C26H32FN3O. The average Bonchev–Trinajstić information content (AvgIpc) is 3.23. The van der Waals surface area contributed by atoms with Gasteiger partial charge in [-0.05, 0) is 61.2 Å². The first-order valence-electron chi connectivity index (χ1n) is 11.5. The van der Waals surface area contributed by atoms with E-state index < -0.39 is 0 Å². The van der Waals surface area contributed by atoms with Crippen LogP contribution < -0.4 is 5.32 Å². The number of rotatable bonds is 8. The molecule has 0 bridgehead atoms. The minimum absolute atomic E-state index is 0.0346. The van der Waals surface area contributed by atoms with Crippen molar-refractivity contribution < 1.29 is 9.18 Å². The SMILES string of the molecule is CCc1cccc2c(C(CC(=O)NCCN3CCCCC3)c3ccc(F)cc3)c[nH]c12. The molecule has 1 aliphatic rings. The summed E-state index contributed by atoms with van der Waals surface area (Å²) in [4.78, 5) is 18.7. The zero-order valence-corrected chi connectivity index (χ0v) is 18.3. The van der Waals surface area contributed by atoms with Crippen molar-refractivity contribution in [1.29, 1.82) is 0 Å². The highest BCUT2D eigenvalue weighted by Crippen LogP contribution is 2.34. The monoisotopic (exact) mass is 421 g/mol. The Balaban J connectivity index is 1.52. The third-order valence-corrected chi connectivity index (χ3v) is 6.45. The Morgan fingerprint density at radius 3 is 2.65 bits per heavy atom. The van der Waals surface area contributed by atoms with Gasteiger partial charge in [0.1, 0.15) is 5.82 Å². The van der Waals surface area contributed by atoms with Crippen LogP contribution in [0.1, 0.15) is 55.2 Å². The summed E-state index contributed by atoms with van der Waals surface area (Å²) in [6.07, 6.45) is 7.11. The summed E-state index contributed by atoms with van der Waals surface area (Å²) in [5, 5.41) is 4.24. The van der Waals surface area contributed by atoms with Gasteiger partial charge >= 0.3 is 0 Å². The van der Waals surface area contributed by atoms with E-state index in [-0.39, 0.29) is 17.6 Å². The summed E-state index contributed by atoms with van der Waals surface area (Å²) < 4.78 is 13.6. The molecule has 0 radical (unpaired) electrons. The van der Waals surface area contributed by atoms with Gasteiger partial charge in [0.15, 0.2) is 0 Å². The lowest BCUT2D eigenvalue weighted by atomic mass is 9.87. The fourth-order valence-electron chi connectivity index (χ4n) is 4.72. The van der Waals surface area contributed by atoms with Crippen molar-refractivity contribution in [3.8, 4) is 0 Å². The van der Waals surface area contributed by atoms with Gasteiger partial charge in [0.2, 0.25) is 5.91 Å². The highest BCUT2D eigenvalue weighted by molar-refractivity contribution is 5.88. The minimum Gasteiger partial charge on any atom is -0.361 e. The maximum atomic E-state index is 13.6. The molecule has 3 aromatic rings. The molecule has 164 valence electrons. The molecule has 5 heteroatoms. The first-order chi connectivity index (χ1) is 15.2. The van der Waals surface area contributed by atoms with Crippen LogP contribution in [0.3, 0.4) is 0 Å². The van der Waals surface area contributed by atoms with E-state index in [0.29, 0.717) is 13.0 Å². The number of nitrogens with one attached hydrogen (secondary N) is 2. The summed E-state index contributed by atoms with van der Waals surface area (Å²) in [6.45, 7) is 5.97.